The van der Waals surface area contributed by atoms with Crippen molar-refractivity contribution in [1.82, 2.24) is 24.8 Å². The Hall–Kier alpha value is -3.59. The summed E-state index contributed by atoms with van der Waals surface area (Å²) in [7, 11) is 0. The molecule has 5 rings (SSSR count). The summed E-state index contributed by atoms with van der Waals surface area (Å²) >= 11 is 0. The highest BCUT2D eigenvalue weighted by Crippen LogP contribution is 2.29. The number of hydrogen-bond acceptors (Lipinski definition) is 5. The predicted octanol–water partition coefficient (Wildman–Crippen LogP) is 2.86. The lowest BCUT2D eigenvalue weighted by Gasteiger charge is -2.31. The van der Waals surface area contributed by atoms with Gasteiger partial charge in [-0.2, -0.15) is 0 Å². The maximum absolute atomic E-state index is 13.2. The molecule has 0 aliphatic carbocycles. The zero-order valence-electron chi connectivity index (χ0n) is 18.7. The van der Waals surface area contributed by atoms with Crippen LogP contribution in [-0.2, 0) is 29.2 Å². The third-order valence-electron chi connectivity index (χ3n) is 6.50. The monoisotopic (exact) mass is 463 g/mol. The Labute approximate surface area is 196 Å². The number of piperidine rings is 1. The fraction of sp³-hybridized carbons (Fsp3) is 0.360. The molecule has 176 valence electrons. The van der Waals surface area contributed by atoms with Crippen molar-refractivity contribution < 1.29 is 18.7 Å². The molecule has 2 aliphatic rings. The maximum Gasteiger partial charge on any atom is 0.274 e. The molecule has 3 aromatic rings. The topological polar surface area (TPSA) is 89.4 Å². The summed E-state index contributed by atoms with van der Waals surface area (Å²) in [5.74, 6) is -0.545. The van der Waals surface area contributed by atoms with Crippen LogP contribution in [-0.4, -0.2) is 44.3 Å². The van der Waals surface area contributed by atoms with Gasteiger partial charge in [0, 0.05) is 25.2 Å². The fourth-order valence-corrected chi connectivity index (χ4v) is 4.50. The zero-order valence-corrected chi connectivity index (χ0v) is 18.7. The highest BCUT2D eigenvalue weighted by Gasteiger charge is 2.32. The molecule has 1 N–H and O–H groups in total. The molecule has 1 fully saturated rings. The van der Waals surface area contributed by atoms with Crippen LogP contribution in [0.4, 0.5) is 4.39 Å². The third kappa shape index (κ3) is 4.70. The van der Waals surface area contributed by atoms with Crippen molar-refractivity contribution in [3.8, 4) is 0 Å². The van der Waals surface area contributed by atoms with Crippen LogP contribution in [0.5, 0.6) is 0 Å². The highest BCUT2D eigenvalue weighted by molar-refractivity contribution is 5.93. The van der Waals surface area contributed by atoms with Crippen molar-refractivity contribution in [3.63, 3.8) is 0 Å². The van der Waals surface area contributed by atoms with Crippen molar-refractivity contribution >= 4 is 11.8 Å². The Morgan fingerprint density at radius 1 is 1.09 bits per heavy atom. The van der Waals surface area contributed by atoms with Crippen LogP contribution in [0.25, 0.3) is 0 Å². The first kappa shape index (κ1) is 22.2. The molecule has 4 heterocycles. The lowest BCUT2D eigenvalue weighted by molar-refractivity contribution is -0.126. The van der Waals surface area contributed by atoms with Crippen molar-refractivity contribution in [2.75, 3.05) is 13.1 Å². The van der Waals surface area contributed by atoms with E-state index in [9.17, 15) is 14.0 Å². The Morgan fingerprint density at radius 3 is 2.62 bits per heavy atom. The summed E-state index contributed by atoms with van der Waals surface area (Å²) in [5.41, 5.74) is 2.85. The summed E-state index contributed by atoms with van der Waals surface area (Å²) in [5, 5.41) is 2.94. The van der Waals surface area contributed by atoms with Crippen LogP contribution in [0, 0.1) is 11.7 Å². The zero-order chi connectivity index (χ0) is 23.5. The first-order chi connectivity index (χ1) is 16.6. The van der Waals surface area contributed by atoms with Crippen LogP contribution in [0.2, 0.25) is 0 Å². The molecule has 0 radical (unpaired) electrons. The number of rotatable bonds is 5. The number of likely N-dealkylation sites (tertiary alicyclic amines) is 1. The van der Waals surface area contributed by atoms with Gasteiger partial charge in [0.15, 0.2) is 5.69 Å². The number of halogens is 1. The Kier molecular flexibility index (Phi) is 6.35. The summed E-state index contributed by atoms with van der Waals surface area (Å²) < 4.78 is 21.1. The summed E-state index contributed by atoms with van der Waals surface area (Å²) in [4.78, 5) is 36.0. The standard InChI is InChI=1S/C25H26FN5O3/c26-19-6-4-17(5-7-19)22-14-31-16-29-23(21(31)15-34-22)25(33)30-11-8-18(9-12-30)24(32)28-13-20-3-1-2-10-27-20/h1-7,10,16,18,22H,8-9,11-15H2,(H,28,32)/t22-/m1/s1. The predicted molar refractivity (Wildman–Crippen MR) is 121 cm³/mol. The minimum Gasteiger partial charge on any atom is -0.365 e. The minimum absolute atomic E-state index is 0.00245. The molecule has 8 nitrogen and oxygen atoms in total. The second-order valence-electron chi connectivity index (χ2n) is 8.65. The number of fused-ring (bicyclic) bond motifs is 1. The minimum atomic E-state index is -0.287. The number of benzene rings is 1. The number of nitrogens with zero attached hydrogens (tertiary/aromatic N) is 4. The first-order valence-electron chi connectivity index (χ1n) is 11.5. The molecular weight excluding hydrogens is 437 g/mol. The van der Waals surface area contributed by atoms with Crippen LogP contribution >= 0.6 is 0 Å². The van der Waals surface area contributed by atoms with E-state index in [1.807, 2.05) is 22.8 Å². The second-order valence-corrected chi connectivity index (χ2v) is 8.65. The van der Waals surface area contributed by atoms with Gasteiger partial charge < -0.3 is 19.5 Å². The molecular formula is C25H26FN5O3. The lowest BCUT2D eigenvalue weighted by atomic mass is 9.95. The van der Waals surface area contributed by atoms with Crippen molar-refractivity contribution in [1.29, 1.82) is 0 Å². The normalized spacial score (nSPS) is 18.4. The first-order valence-corrected chi connectivity index (χ1v) is 11.5. The molecule has 1 saturated heterocycles. The van der Waals surface area contributed by atoms with E-state index in [1.54, 1.807) is 29.6 Å². The molecule has 0 saturated carbocycles. The fourth-order valence-electron chi connectivity index (χ4n) is 4.50. The number of hydrogen-bond donors (Lipinski definition) is 1. The van der Waals surface area contributed by atoms with Gasteiger partial charge in [-0.05, 0) is 42.7 Å². The Morgan fingerprint density at radius 2 is 1.88 bits per heavy atom. The van der Waals surface area contributed by atoms with Gasteiger partial charge >= 0.3 is 0 Å². The third-order valence-corrected chi connectivity index (χ3v) is 6.50. The smallest absolute Gasteiger partial charge is 0.274 e. The van der Waals surface area contributed by atoms with Crippen LogP contribution < -0.4 is 5.32 Å². The number of pyridine rings is 1. The van der Waals surface area contributed by atoms with Gasteiger partial charge in [-0.3, -0.25) is 14.6 Å². The van der Waals surface area contributed by atoms with Crippen LogP contribution in [0.3, 0.4) is 0 Å². The Balaban J connectivity index is 1.16. The van der Waals surface area contributed by atoms with Gasteiger partial charge in [0.1, 0.15) is 11.9 Å². The average molecular weight is 464 g/mol. The summed E-state index contributed by atoms with van der Waals surface area (Å²) in [6, 6.07) is 11.9. The highest BCUT2D eigenvalue weighted by atomic mass is 19.1. The van der Waals surface area contributed by atoms with Gasteiger partial charge in [-0.25, -0.2) is 9.37 Å². The number of amides is 2. The van der Waals surface area contributed by atoms with E-state index in [1.165, 1.54) is 12.1 Å². The molecule has 2 amide bonds. The molecule has 1 aromatic carbocycles. The Bertz CT molecular complexity index is 1160. The SMILES string of the molecule is O=C(NCc1ccccn1)C1CCN(C(=O)c2ncn3c2CO[C@@H](c2ccc(F)cc2)C3)CC1. The van der Waals surface area contributed by atoms with E-state index in [0.29, 0.717) is 44.7 Å². The van der Waals surface area contributed by atoms with Crippen LogP contribution in [0.1, 0.15) is 46.4 Å². The average Bonchev–Trinajstić information content (AvgIpc) is 3.31. The van der Waals surface area contributed by atoms with Crippen molar-refractivity contribution in [2.24, 2.45) is 5.92 Å². The van der Waals surface area contributed by atoms with Gasteiger partial charge in [0.05, 0.1) is 37.4 Å². The van der Waals surface area contributed by atoms with Gasteiger partial charge in [0.2, 0.25) is 5.91 Å². The molecule has 34 heavy (non-hydrogen) atoms. The van der Waals surface area contributed by atoms with E-state index in [4.69, 9.17) is 4.74 Å². The molecule has 1 atom stereocenters. The summed E-state index contributed by atoms with van der Waals surface area (Å²) in [6.45, 7) is 2.19. The molecule has 0 bridgehead atoms. The number of carbonyl (C=O) groups excluding carboxylic acids is 2. The van der Waals surface area contributed by atoms with E-state index in [2.05, 4.69) is 15.3 Å². The summed E-state index contributed by atoms with van der Waals surface area (Å²) in [6.07, 6.45) is 4.37. The molecule has 2 aromatic heterocycles. The van der Waals surface area contributed by atoms with Crippen molar-refractivity contribution in [2.45, 2.75) is 38.6 Å². The largest absolute Gasteiger partial charge is 0.365 e. The van der Waals surface area contributed by atoms with E-state index in [0.717, 1.165) is 17.0 Å². The van der Waals surface area contributed by atoms with E-state index < -0.39 is 0 Å². The number of aromatic nitrogens is 3. The number of ether oxygens (including phenoxy) is 1. The lowest BCUT2D eigenvalue weighted by Crippen LogP contribution is -2.43. The van der Waals surface area contributed by atoms with E-state index >= 15 is 0 Å². The maximum atomic E-state index is 13.2. The molecule has 9 heteroatoms. The molecule has 0 unspecified atom stereocenters. The molecule has 2 aliphatic heterocycles. The second kappa shape index (κ2) is 9.72. The van der Waals surface area contributed by atoms with Gasteiger partial charge in [-0.1, -0.05) is 18.2 Å². The number of carbonyl (C=O) groups is 2. The molecule has 0 spiro atoms. The van der Waals surface area contributed by atoms with Gasteiger partial charge in [-0.15, -0.1) is 0 Å². The van der Waals surface area contributed by atoms with Gasteiger partial charge in [0.25, 0.3) is 5.91 Å². The van der Waals surface area contributed by atoms with E-state index in [-0.39, 0.29) is 36.3 Å². The number of nitrogens with one attached hydrogen (secondary N) is 1. The quantitative estimate of drug-likeness (QED) is 0.629. The van der Waals surface area contributed by atoms with Crippen LogP contribution in [0.15, 0.2) is 55.0 Å². The number of imidazole rings is 1. The van der Waals surface area contributed by atoms with Crippen molar-refractivity contribution in [3.05, 3.63) is 83.5 Å².